The van der Waals surface area contributed by atoms with Gasteiger partial charge in [0.25, 0.3) is 5.91 Å². The van der Waals surface area contributed by atoms with Gasteiger partial charge >= 0.3 is 0 Å². The largest absolute Gasteiger partial charge is 0.351 e. The second kappa shape index (κ2) is 9.27. The predicted molar refractivity (Wildman–Crippen MR) is 95.8 cm³/mol. The molecule has 2 aromatic rings. The summed E-state index contributed by atoms with van der Waals surface area (Å²) in [5, 5.41) is 6.31. The van der Waals surface area contributed by atoms with E-state index in [0.717, 1.165) is 42.9 Å². The van der Waals surface area contributed by atoms with E-state index < -0.39 is 0 Å². The fraction of sp³-hybridized carbons (Fsp3) is 0.429. The zero-order valence-electron chi connectivity index (χ0n) is 12.1. The van der Waals surface area contributed by atoms with Gasteiger partial charge in [-0.2, -0.15) is 0 Å². The molecule has 3 rings (SSSR count). The minimum Gasteiger partial charge on any atom is -0.351 e. The maximum atomic E-state index is 12.1. The number of fused-ring (bicyclic) bond motifs is 1. The van der Waals surface area contributed by atoms with Crippen LogP contribution in [0.2, 0.25) is 0 Å². The molecule has 1 aliphatic heterocycles. The SMILES string of the molecule is Cl.Cl.O=C(NCCN1CCNCC1)c1ccc2ncsc2c1. The molecule has 1 aromatic heterocycles. The van der Waals surface area contributed by atoms with E-state index in [9.17, 15) is 4.79 Å². The Balaban J connectivity index is 0.00000121. The number of aromatic nitrogens is 1. The lowest BCUT2D eigenvalue weighted by atomic mass is 10.2. The molecule has 0 bridgehead atoms. The van der Waals surface area contributed by atoms with Crippen molar-refractivity contribution in [1.29, 1.82) is 0 Å². The number of thiazole rings is 1. The number of carbonyl (C=O) groups is 1. The van der Waals surface area contributed by atoms with Crippen LogP contribution in [0.3, 0.4) is 0 Å². The van der Waals surface area contributed by atoms with E-state index in [-0.39, 0.29) is 30.7 Å². The number of nitrogens with zero attached hydrogens (tertiary/aromatic N) is 2. The number of hydrogen-bond donors (Lipinski definition) is 2. The van der Waals surface area contributed by atoms with Crippen molar-refractivity contribution in [3.8, 4) is 0 Å². The summed E-state index contributed by atoms with van der Waals surface area (Å²) >= 11 is 1.56. The summed E-state index contributed by atoms with van der Waals surface area (Å²) in [5.41, 5.74) is 3.46. The number of benzene rings is 1. The fourth-order valence-electron chi connectivity index (χ4n) is 2.36. The molecule has 1 aliphatic rings. The number of hydrogen-bond acceptors (Lipinski definition) is 5. The highest BCUT2D eigenvalue weighted by molar-refractivity contribution is 7.16. The number of halogens is 2. The monoisotopic (exact) mass is 362 g/mol. The minimum absolute atomic E-state index is 0. The fourth-order valence-corrected chi connectivity index (χ4v) is 3.08. The first-order chi connectivity index (χ1) is 9.83. The molecule has 8 heteroatoms. The van der Waals surface area contributed by atoms with E-state index in [2.05, 4.69) is 20.5 Å². The second-order valence-corrected chi connectivity index (χ2v) is 5.77. The van der Waals surface area contributed by atoms with Gasteiger partial charge in [-0.25, -0.2) is 4.98 Å². The number of carbonyl (C=O) groups excluding carboxylic acids is 1. The molecule has 2 heterocycles. The Morgan fingerprint density at radius 1 is 1.32 bits per heavy atom. The molecule has 0 unspecified atom stereocenters. The molecule has 1 amide bonds. The summed E-state index contributed by atoms with van der Waals surface area (Å²) in [6.45, 7) is 5.80. The van der Waals surface area contributed by atoms with Crippen molar-refractivity contribution in [1.82, 2.24) is 20.5 Å². The van der Waals surface area contributed by atoms with Crippen molar-refractivity contribution < 1.29 is 4.79 Å². The van der Waals surface area contributed by atoms with Crippen LogP contribution < -0.4 is 10.6 Å². The average Bonchev–Trinajstić information content (AvgIpc) is 2.95. The van der Waals surface area contributed by atoms with Crippen LogP contribution in [-0.4, -0.2) is 55.1 Å². The number of rotatable bonds is 4. The molecule has 0 atom stereocenters. The molecule has 1 aromatic carbocycles. The van der Waals surface area contributed by atoms with Crippen molar-refractivity contribution >= 4 is 52.3 Å². The Morgan fingerprint density at radius 2 is 2.09 bits per heavy atom. The highest BCUT2D eigenvalue weighted by Crippen LogP contribution is 2.18. The highest BCUT2D eigenvalue weighted by Gasteiger charge is 2.10. The van der Waals surface area contributed by atoms with Crippen LogP contribution in [0.15, 0.2) is 23.7 Å². The van der Waals surface area contributed by atoms with Gasteiger partial charge in [0.1, 0.15) is 0 Å². The number of piperazine rings is 1. The maximum Gasteiger partial charge on any atom is 0.251 e. The topological polar surface area (TPSA) is 57.3 Å². The Bertz CT molecular complexity index is 601. The van der Waals surface area contributed by atoms with Crippen LogP contribution >= 0.6 is 36.2 Å². The highest BCUT2D eigenvalue weighted by atomic mass is 35.5. The first-order valence-electron chi connectivity index (χ1n) is 6.87. The normalized spacial score (nSPS) is 14.9. The molecule has 1 fully saturated rings. The van der Waals surface area contributed by atoms with Crippen molar-refractivity contribution in [3.05, 3.63) is 29.3 Å². The first kappa shape index (κ1) is 19.1. The average molecular weight is 363 g/mol. The van der Waals surface area contributed by atoms with E-state index in [1.807, 2.05) is 18.2 Å². The lowest BCUT2D eigenvalue weighted by Crippen LogP contribution is -2.46. The molecular formula is C14H20Cl2N4OS. The zero-order chi connectivity index (χ0) is 13.8. The van der Waals surface area contributed by atoms with Crippen molar-refractivity contribution in [3.63, 3.8) is 0 Å². The Hall–Kier alpha value is -0.920. The molecule has 22 heavy (non-hydrogen) atoms. The van der Waals surface area contributed by atoms with Crippen LogP contribution in [0.25, 0.3) is 10.2 Å². The number of amides is 1. The third-order valence-electron chi connectivity index (χ3n) is 3.52. The molecule has 0 saturated carbocycles. The molecule has 0 aliphatic carbocycles. The van der Waals surface area contributed by atoms with Gasteiger partial charge in [-0.15, -0.1) is 36.2 Å². The van der Waals surface area contributed by atoms with Gasteiger partial charge in [-0.05, 0) is 18.2 Å². The third-order valence-corrected chi connectivity index (χ3v) is 4.31. The van der Waals surface area contributed by atoms with Gasteiger partial charge in [0.05, 0.1) is 15.7 Å². The van der Waals surface area contributed by atoms with Crippen LogP contribution in [0, 0.1) is 0 Å². The van der Waals surface area contributed by atoms with Crippen molar-refractivity contribution in [2.45, 2.75) is 0 Å². The quantitative estimate of drug-likeness (QED) is 0.870. The summed E-state index contributed by atoms with van der Waals surface area (Å²) in [6, 6.07) is 5.65. The van der Waals surface area contributed by atoms with Gasteiger partial charge < -0.3 is 10.6 Å². The molecule has 2 N–H and O–H groups in total. The zero-order valence-corrected chi connectivity index (χ0v) is 14.5. The van der Waals surface area contributed by atoms with Crippen LogP contribution in [0.1, 0.15) is 10.4 Å². The van der Waals surface area contributed by atoms with Gasteiger partial charge in [0.15, 0.2) is 0 Å². The molecular weight excluding hydrogens is 343 g/mol. The Morgan fingerprint density at radius 3 is 2.86 bits per heavy atom. The minimum atomic E-state index is -0.00423. The van der Waals surface area contributed by atoms with Crippen molar-refractivity contribution in [2.75, 3.05) is 39.3 Å². The summed E-state index contributed by atoms with van der Waals surface area (Å²) in [6.07, 6.45) is 0. The summed E-state index contributed by atoms with van der Waals surface area (Å²) in [4.78, 5) is 18.7. The third kappa shape index (κ3) is 4.79. The molecule has 5 nitrogen and oxygen atoms in total. The second-order valence-electron chi connectivity index (χ2n) is 4.88. The summed E-state index contributed by atoms with van der Waals surface area (Å²) < 4.78 is 1.06. The lowest BCUT2D eigenvalue weighted by Gasteiger charge is -2.27. The van der Waals surface area contributed by atoms with Crippen LogP contribution in [0.4, 0.5) is 0 Å². The number of nitrogens with one attached hydrogen (secondary N) is 2. The van der Waals surface area contributed by atoms with Crippen LogP contribution in [0.5, 0.6) is 0 Å². The standard InChI is InChI=1S/C14H18N4OS.2ClH/c19-14(16-5-8-18-6-3-15-4-7-18)11-1-2-12-13(9-11)20-10-17-12;;/h1-2,9-10,15H,3-8H2,(H,16,19);2*1H. The molecule has 0 radical (unpaired) electrons. The summed E-state index contributed by atoms with van der Waals surface area (Å²) in [7, 11) is 0. The van der Waals surface area contributed by atoms with E-state index >= 15 is 0 Å². The maximum absolute atomic E-state index is 12.1. The van der Waals surface area contributed by atoms with Crippen LogP contribution in [-0.2, 0) is 0 Å². The molecule has 0 spiro atoms. The van der Waals surface area contributed by atoms with Crippen molar-refractivity contribution in [2.24, 2.45) is 0 Å². The van der Waals surface area contributed by atoms with E-state index in [1.54, 1.807) is 16.8 Å². The molecule has 122 valence electrons. The van der Waals surface area contributed by atoms with Gasteiger partial charge in [0.2, 0.25) is 0 Å². The summed E-state index contributed by atoms with van der Waals surface area (Å²) in [5.74, 6) is -0.00423. The van der Waals surface area contributed by atoms with E-state index in [1.165, 1.54) is 0 Å². The van der Waals surface area contributed by atoms with E-state index in [4.69, 9.17) is 0 Å². The predicted octanol–water partition coefficient (Wildman–Crippen LogP) is 1.77. The smallest absolute Gasteiger partial charge is 0.251 e. The first-order valence-corrected chi connectivity index (χ1v) is 7.75. The lowest BCUT2D eigenvalue weighted by molar-refractivity contribution is 0.0947. The molecule has 1 saturated heterocycles. The Labute approximate surface area is 146 Å². The Kier molecular flexibility index (Phi) is 8.06. The van der Waals surface area contributed by atoms with Gasteiger partial charge in [-0.1, -0.05) is 0 Å². The van der Waals surface area contributed by atoms with Gasteiger partial charge in [0, 0.05) is 44.8 Å². The van der Waals surface area contributed by atoms with E-state index in [0.29, 0.717) is 12.1 Å². The van der Waals surface area contributed by atoms with Gasteiger partial charge in [-0.3, -0.25) is 9.69 Å².